The minimum Gasteiger partial charge on any atom is -0.317 e. The number of nitrogens with zero attached hydrogens (tertiary/aromatic N) is 1. The van der Waals surface area contributed by atoms with Gasteiger partial charge in [-0.15, -0.1) is 0 Å². The van der Waals surface area contributed by atoms with E-state index in [2.05, 4.69) is 15.6 Å². The molecule has 0 aliphatic rings. The van der Waals surface area contributed by atoms with E-state index in [0.717, 1.165) is 16.5 Å². The van der Waals surface area contributed by atoms with E-state index in [4.69, 9.17) is 0 Å². The summed E-state index contributed by atoms with van der Waals surface area (Å²) in [5, 5.41) is 6.31. The minimum absolute atomic E-state index is 0.232. The fourth-order valence-electron chi connectivity index (χ4n) is 2.90. The van der Waals surface area contributed by atoms with Crippen LogP contribution in [0.25, 0.3) is 10.9 Å². The van der Waals surface area contributed by atoms with E-state index in [0.29, 0.717) is 16.9 Å². The summed E-state index contributed by atoms with van der Waals surface area (Å²) < 4.78 is 0. The summed E-state index contributed by atoms with van der Waals surface area (Å²) >= 11 is 0. The summed E-state index contributed by atoms with van der Waals surface area (Å²) in [6.07, 6.45) is 1.65. The molecule has 0 spiro atoms. The smallest absolute Gasteiger partial charge is 0.314 e. The number of carbonyl (C=O) groups excluding carboxylic acids is 2. The molecule has 0 atom stereocenters. The van der Waals surface area contributed by atoms with Gasteiger partial charge in [0.05, 0.1) is 11.2 Å². The van der Waals surface area contributed by atoms with Crippen LogP contribution < -0.4 is 10.6 Å². The number of fused-ring (bicyclic) bond motifs is 1. The van der Waals surface area contributed by atoms with Crippen LogP contribution in [0, 0.1) is 6.92 Å². The van der Waals surface area contributed by atoms with Crippen molar-refractivity contribution in [2.24, 2.45) is 0 Å². The number of nitrogens with one attached hydrogen (secondary N) is 2. The third-order valence-electron chi connectivity index (χ3n) is 4.25. The standard InChI is InChI=1S/C21H21N3O2/c1-13(2)16-10-4-7-14(3)18(16)24-21(26)20(25)23-17-11-5-8-15-9-6-12-22-19(15)17/h4-13H,1-3H3,(H,23,25)(H,24,26). The molecule has 0 aliphatic heterocycles. The predicted octanol–water partition coefficient (Wildman–Crippen LogP) is 4.24. The molecule has 5 nitrogen and oxygen atoms in total. The van der Waals surface area contributed by atoms with Crippen molar-refractivity contribution in [2.75, 3.05) is 10.6 Å². The largest absolute Gasteiger partial charge is 0.317 e. The van der Waals surface area contributed by atoms with Gasteiger partial charge in [0, 0.05) is 17.3 Å². The van der Waals surface area contributed by atoms with Crippen LogP contribution in [0.5, 0.6) is 0 Å². The Kier molecular flexibility index (Phi) is 4.98. The van der Waals surface area contributed by atoms with Gasteiger partial charge in [-0.05, 0) is 36.1 Å². The van der Waals surface area contributed by atoms with Gasteiger partial charge in [0.15, 0.2) is 0 Å². The van der Waals surface area contributed by atoms with Gasteiger partial charge in [0.1, 0.15) is 0 Å². The molecule has 2 amide bonds. The van der Waals surface area contributed by atoms with Crippen LogP contribution in [0.3, 0.4) is 0 Å². The number of hydrogen-bond acceptors (Lipinski definition) is 3. The molecule has 0 bridgehead atoms. The molecular weight excluding hydrogens is 326 g/mol. The van der Waals surface area contributed by atoms with Crippen LogP contribution in [0.15, 0.2) is 54.7 Å². The first kappa shape index (κ1) is 17.6. The van der Waals surface area contributed by atoms with Crippen LogP contribution in [0.1, 0.15) is 30.9 Å². The lowest BCUT2D eigenvalue weighted by Gasteiger charge is -2.16. The number of para-hydroxylation sites is 2. The Labute approximate surface area is 152 Å². The number of aryl methyl sites for hydroxylation is 1. The van der Waals surface area contributed by atoms with Crippen molar-refractivity contribution < 1.29 is 9.59 Å². The molecular formula is C21H21N3O2. The Morgan fingerprint density at radius 3 is 2.38 bits per heavy atom. The zero-order chi connectivity index (χ0) is 18.7. The highest BCUT2D eigenvalue weighted by molar-refractivity contribution is 6.44. The van der Waals surface area contributed by atoms with E-state index < -0.39 is 11.8 Å². The second kappa shape index (κ2) is 7.35. The summed E-state index contributed by atoms with van der Waals surface area (Å²) in [4.78, 5) is 29.1. The van der Waals surface area contributed by atoms with E-state index in [1.54, 1.807) is 12.3 Å². The zero-order valence-corrected chi connectivity index (χ0v) is 15.0. The van der Waals surface area contributed by atoms with Gasteiger partial charge in [-0.2, -0.15) is 0 Å². The molecule has 5 heteroatoms. The fraction of sp³-hybridized carbons (Fsp3) is 0.190. The molecule has 26 heavy (non-hydrogen) atoms. The second-order valence-electron chi connectivity index (χ2n) is 6.48. The van der Waals surface area contributed by atoms with Gasteiger partial charge in [-0.1, -0.05) is 50.2 Å². The molecule has 2 aromatic carbocycles. The second-order valence-corrected chi connectivity index (χ2v) is 6.48. The van der Waals surface area contributed by atoms with Crippen molar-refractivity contribution in [3.63, 3.8) is 0 Å². The van der Waals surface area contributed by atoms with E-state index in [1.807, 2.05) is 63.2 Å². The van der Waals surface area contributed by atoms with Crippen molar-refractivity contribution in [3.8, 4) is 0 Å². The first-order valence-corrected chi connectivity index (χ1v) is 8.53. The Bertz CT molecular complexity index is 975. The van der Waals surface area contributed by atoms with Crippen molar-refractivity contribution >= 4 is 34.1 Å². The van der Waals surface area contributed by atoms with Gasteiger partial charge in [0.2, 0.25) is 0 Å². The molecule has 132 valence electrons. The van der Waals surface area contributed by atoms with Gasteiger partial charge in [0.25, 0.3) is 0 Å². The minimum atomic E-state index is -0.721. The molecule has 2 N–H and O–H groups in total. The lowest BCUT2D eigenvalue weighted by molar-refractivity contribution is -0.132. The third kappa shape index (κ3) is 3.57. The summed E-state index contributed by atoms with van der Waals surface area (Å²) in [6.45, 7) is 6.01. The molecule has 1 aromatic heterocycles. The summed E-state index contributed by atoms with van der Waals surface area (Å²) in [5.41, 5.74) is 3.77. The monoisotopic (exact) mass is 347 g/mol. The lowest BCUT2D eigenvalue weighted by Crippen LogP contribution is -2.30. The summed E-state index contributed by atoms with van der Waals surface area (Å²) in [7, 11) is 0. The van der Waals surface area contributed by atoms with E-state index in [-0.39, 0.29) is 5.92 Å². The molecule has 0 saturated carbocycles. The number of rotatable bonds is 3. The first-order valence-electron chi connectivity index (χ1n) is 8.53. The highest BCUT2D eigenvalue weighted by atomic mass is 16.2. The number of aromatic nitrogens is 1. The number of pyridine rings is 1. The molecule has 3 aromatic rings. The zero-order valence-electron chi connectivity index (χ0n) is 15.0. The van der Waals surface area contributed by atoms with Crippen molar-refractivity contribution in [2.45, 2.75) is 26.7 Å². The number of amides is 2. The van der Waals surface area contributed by atoms with Crippen molar-refractivity contribution in [1.82, 2.24) is 4.98 Å². The molecule has 0 saturated heterocycles. The Balaban J connectivity index is 1.82. The van der Waals surface area contributed by atoms with Crippen LogP contribution in [-0.4, -0.2) is 16.8 Å². The van der Waals surface area contributed by atoms with Gasteiger partial charge >= 0.3 is 11.8 Å². The highest BCUT2D eigenvalue weighted by Gasteiger charge is 2.18. The van der Waals surface area contributed by atoms with Crippen LogP contribution in [0.4, 0.5) is 11.4 Å². The van der Waals surface area contributed by atoms with Crippen molar-refractivity contribution in [1.29, 1.82) is 0 Å². The number of benzene rings is 2. The topological polar surface area (TPSA) is 71.1 Å². The Hall–Kier alpha value is -3.21. The first-order chi connectivity index (χ1) is 12.5. The van der Waals surface area contributed by atoms with Crippen LogP contribution >= 0.6 is 0 Å². The quantitative estimate of drug-likeness (QED) is 0.696. The molecule has 0 unspecified atom stereocenters. The van der Waals surface area contributed by atoms with E-state index in [1.165, 1.54) is 0 Å². The van der Waals surface area contributed by atoms with E-state index in [9.17, 15) is 9.59 Å². The van der Waals surface area contributed by atoms with Gasteiger partial charge in [-0.3, -0.25) is 14.6 Å². The van der Waals surface area contributed by atoms with Crippen LogP contribution in [-0.2, 0) is 9.59 Å². The Morgan fingerprint density at radius 2 is 1.62 bits per heavy atom. The third-order valence-corrected chi connectivity index (χ3v) is 4.25. The van der Waals surface area contributed by atoms with Crippen LogP contribution in [0.2, 0.25) is 0 Å². The summed E-state index contributed by atoms with van der Waals surface area (Å²) in [5.74, 6) is -1.19. The Morgan fingerprint density at radius 1 is 0.923 bits per heavy atom. The molecule has 3 rings (SSSR count). The SMILES string of the molecule is Cc1cccc(C(C)C)c1NC(=O)C(=O)Nc1cccc2cccnc12. The van der Waals surface area contributed by atoms with Crippen molar-refractivity contribution in [3.05, 3.63) is 65.9 Å². The average molecular weight is 347 g/mol. The molecule has 0 fully saturated rings. The maximum atomic E-state index is 12.4. The molecule has 0 radical (unpaired) electrons. The molecule has 1 heterocycles. The van der Waals surface area contributed by atoms with Gasteiger partial charge in [-0.25, -0.2) is 0 Å². The predicted molar refractivity (Wildman–Crippen MR) is 104 cm³/mol. The highest BCUT2D eigenvalue weighted by Crippen LogP contribution is 2.27. The average Bonchev–Trinajstić information content (AvgIpc) is 2.63. The number of hydrogen-bond donors (Lipinski definition) is 2. The maximum Gasteiger partial charge on any atom is 0.314 e. The number of carbonyl (C=O) groups is 2. The van der Waals surface area contributed by atoms with E-state index >= 15 is 0 Å². The fourth-order valence-corrected chi connectivity index (χ4v) is 2.90. The number of anilines is 2. The van der Waals surface area contributed by atoms with Gasteiger partial charge < -0.3 is 10.6 Å². The maximum absolute atomic E-state index is 12.4. The summed E-state index contributed by atoms with van der Waals surface area (Å²) in [6, 6.07) is 15.0. The molecule has 0 aliphatic carbocycles. The normalized spacial score (nSPS) is 10.8. The lowest BCUT2D eigenvalue weighted by atomic mass is 9.98.